The Morgan fingerprint density at radius 2 is 0.328 bits per heavy atom. The van der Waals surface area contributed by atoms with Crippen molar-refractivity contribution in [1.82, 2.24) is 0 Å². The highest BCUT2D eigenvalue weighted by molar-refractivity contribution is 4.62. The SMILES string of the molecule is CC(O)COC(C)COC(C)COC(C)COC(C)COC(C)COC(C)COC(C)COC(C)COC(C)COC(C)COC(C)COC(C)COC(C)COC(C)CO. The Morgan fingerprint density at radius 1 is 0.213 bits per heavy atom. The van der Waals surface area contributed by atoms with Crippen LogP contribution in [0, 0.1) is 0 Å². The van der Waals surface area contributed by atoms with E-state index in [1.165, 1.54) is 0 Å². The molecule has 15 atom stereocenters. The lowest BCUT2D eigenvalue weighted by Crippen LogP contribution is -2.31. The first-order valence-electron chi connectivity index (χ1n) is 22.7. The van der Waals surface area contributed by atoms with E-state index in [4.69, 9.17) is 71.4 Å². The summed E-state index contributed by atoms with van der Waals surface area (Å²) in [7, 11) is 0. The minimum absolute atomic E-state index is 0.00973. The highest BCUT2D eigenvalue weighted by Crippen LogP contribution is 2.08. The largest absolute Gasteiger partial charge is 0.394 e. The molecule has 0 aromatic rings. The molecule has 0 radical (unpaired) electrons. The second kappa shape index (κ2) is 37.6. The number of aliphatic hydroxyl groups is 2. The fraction of sp³-hybridized carbons (Fsp3) is 1.00. The summed E-state index contributed by atoms with van der Waals surface area (Å²) in [6, 6.07) is 0. The van der Waals surface area contributed by atoms with E-state index in [-0.39, 0.29) is 92.1 Å². The van der Waals surface area contributed by atoms with E-state index in [1.54, 1.807) is 6.92 Å². The maximum atomic E-state index is 9.33. The first-order valence-corrected chi connectivity index (χ1v) is 22.7. The van der Waals surface area contributed by atoms with Gasteiger partial charge in [-0.3, -0.25) is 0 Å². The second-order valence-corrected chi connectivity index (χ2v) is 17.0. The van der Waals surface area contributed by atoms with E-state index in [0.29, 0.717) is 92.5 Å². The van der Waals surface area contributed by atoms with Gasteiger partial charge in [-0.15, -0.1) is 0 Å². The van der Waals surface area contributed by atoms with Crippen molar-refractivity contribution in [2.45, 2.75) is 195 Å². The van der Waals surface area contributed by atoms with Crippen LogP contribution in [0.1, 0.15) is 104 Å². The van der Waals surface area contributed by atoms with Crippen molar-refractivity contribution < 1.29 is 76.5 Å². The molecule has 0 amide bonds. The van der Waals surface area contributed by atoms with Crippen molar-refractivity contribution in [3.05, 3.63) is 0 Å². The lowest BCUT2D eigenvalue weighted by Gasteiger charge is -2.23. The molecule has 16 nitrogen and oxygen atoms in total. The Bertz CT molecular complexity index is 968. The standard InChI is InChI=1S/C45H92O16/c1-31(47)17-48-33(3)19-50-35(5)21-52-37(7)23-54-39(9)25-56-41(11)27-58-43(13)29-60-45(15)30-61-44(14)28-59-42(12)26-57-40(10)24-55-38(8)22-53-36(6)20-51-34(4)18-49-32(2)16-46/h31-47H,16-30H2,1-15H3. The van der Waals surface area contributed by atoms with Crippen LogP contribution in [0.15, 0.2) is 0 Å². The first-order chi connectivity index (χ1) is 28.8. The maximum Gasteiger partial charge on any atom is 0.0781 e. The molecule has 0 saturated carbocycles. The summed E-state index contributed by atoms with van der Waals surface area (Å²) in [5.41, 5.74) is 0. The smallest absolute Gasteiger partial charge is 0.0781 e. The summed E-state index contributed by atoms with van der Waals surface area (Å²) in [6.45, 7) is 35.1. The molecule has 15 unspecified atom stereocenters. The van der Waals surface area contributed by atoms with E-state index in [2.05, 4.69) is 0 Å². The van der Waals surface area contributed by atoms with Crippen LogP contribution in [-0.4, -0.2) is 201 Å². The lowest BCUT2D eigenvalue weighted by molar-refractivity contribution is -0.115. The molecule has 0 aliphatic carbocycles. The average molecular weight is 889 g/mol. The van der Waals surface area contributed by atoms with Crippen molar-refractivity contribution in [1.29, 1.82) is 0 Å². The second-order valence-electron chi connectivity index (χ2n) is 17.0. The van der Waals surface area contributed by atoms with E-state index in [1.807, 2.05) is 96.9 Å². The number of hydrogen-bond donors (Lipinski definition) is 2. The summed E-state index contributed by atoms with van der Waals surface area (Å²) in [6.07, 6.45) is -1.93. The van der Waals surface area contributed by atoms with Crippen molar-refractivity contribution >= 4 is 0 Å². The highest BCUT2D eigenvalue weighted by Gasteiger charge is 2.17. The van der Waals surface area contributed by atoms with Gasteiger partial charge in [0.2, 0.25) is 0 Å². The number of rotatable bonds is 43. The number of aliphatic hydroxyl groups excluding tert-OH is 2. The quantitative estimate of drug-likeness (QED) is 0.0836. The molecule has 0 aromatic carbocycles. The van der Waals surface area contributed by atoms with Crippen molar-refractivity contribution in [2.75, 3.05) is 99.1 Å². The lowest BCUT2D eigenvalue weighted by atomic mass is 10.3. The average Bonchev–Trinajstić information content (AvgIpc) is 3.23. The molecule has 0 aliphatic heterocycles. The maximum absolute atomic E-state index is 9.33. The molecule has 0 aliphatic rings. The zero-order valence-electron chi connectivity index (χ0n) is 40.9. The molecule has 368 valence electrons. The van der Waals surface area contributed by atoms with Crippen LogP contribution in [0.5, 0.6) is 0 Å². The fourth-order valence-electron chi connectivity index (χ4n) is 4.88. The Balaban J connectivity index is 3.98. The molecule has 2 N–H and O–H groups in total. The molecule has 0 rings (SSSR count). The van der Waals surface area contributed by atoms with Crippen LogP contribution in [0.2, 0.25) is 0 Å². The topological polar surface area (TPSA) is 170 Å². The minimum atomic E-state index is -0.493. The summed E-state index contributed by atoms with van der Waals surface area (Å²) in [5.74, 6) is 0. The van der Waals surface area contributed by atoms with Crippen LogP contribution in [0.3, 0.4) is 0 Å². The summed E-state index contributed by atoms with van der Waals surface area (Å²) < 4.78 is 81.9. The summed E-state index contributed by atoms with van der Waals surface area (Å²) in [5, 5.41) is 18.4. The van der Waals surface area contributed by atoms with Gasteiger partial charge >= 0.3 is 0 Å². The van der Waals surface area contributed by atoms with Crippen molar-refractivity contribution in [3.63, 3.8) is 0 Å². The van der Waals surface area contributed by atoms with Gasteiger partial charge in [-0.1, -0.05) is 0 Å². The monoisotopic (exact) mass is 889 g/mol. The van der Waals surface area contributed by atoms with E-state index in [9.17, 15) is 5.11 Å². The van der Waals surface area contributed by atoms with Crippen LogP contribution >= 0.6 is 0 Å². The van der Waals surface area contributed by atoms with E-state index >= 15 is 0 Å². The van der Waals surface area contributed by atoms with Gasteiger partial charge in [-0.05, 0) is 104 Å². The Morgan fingerprint density at radius 3 is 0.443 bits per heavy atom. The molecule has 0 fully saturated rings. The van der Waals surface area contributed by atoms with E-state index < -0.39 is 6.10 Å². The van der Waals surface area contributed by atoms with Crippen LogP contribution in [0.4, 0.5) is 0 Å². The number of ether oxygens (including phenoxy) is 14. The zero-order valence-corrected chi connectivity index (χ0v) is 40.9. The molecular weight excluding hydrogens is 796 g/mol. The van der Waals surface area contributed by atoms with Gasteiger partial charge in [0.05, 0.1) is 191 Å². The van der Waals surface area contributed by atoms with Crippen molar-refractivity contribution in [3.8, 4) is 0 Å². The molecule has 0 aromatic heterocycles. The summed E-state index contributed by atoms with van der Waals surface area (Å²) >= 11 is 0. The van der Waals surface area contributed by atoms with Gasteiger partial charge in [0.15, 0.2) is 0 Å². The Labute approximate surface area is 370 Å². The Kier molecular flexibility index (Phi) is 37.2. The number of hydrogen-bond acceptors (Lipinski definition) is 16. The molecular formula is C45H92O16. The predicted octanol–water partition coefficient (Wildman–Crippen LogP) is 5.03. The minimum Gasteiger partial charge on any atom is -0.394 e. The Hall–Kier alpha value is -0.640. The fourth-order valence-corrected chi connectivity index (χ4v) is 4.88. The molecule has 0 saturated heterocycles. The third-order valence-electron chi connectivity index (χ3n) is 8.88. The molecule has 0 spiro atoms. The third kappa shape index (κ3) is 38.4. The van der Waals surface area contributed by atoms with Gasteiger partial charge < -0.3 is 76.5 Å². The zero-order chi connectivity index (χ0) is 46.2. The molecule has 16 heteroatoms. The highest BCUT2D eigenvalue weighted by atomic mass is 16.6. The van der Waals surface area contributed by atoms with Crippen LogP contribution in [0.25, 0.3) is 0 Å². The van der Waals surface area contributed by atoms with E-state index in [0.717, 1.165) is 0 Å². The first kappa shape index (κ1) is 60.4. The summed E-state index contributed by atoms with van der Waals surface area (Å²) in [4.78, 5) is 0. The van der Waals surface area contributed by atoms with Crippen LogP contribution in [-0.2, 0) is 66.3 Å². The molecule has 0 heterocycles. The normalized spacial score (nSPS) is 19.8. The molecule has 61 heavy (non-hydrogen) atoms. The van der Waals surface area contributed by atoms with Gasteiger partial charge in [0.25, 0.3) is 0 Å². The third-order valence-corrected chi connectivity index (χ3v) is 8.88. The van der Waals surface area contributed by atoms with Crippen molar-refractivity contribution in [2.24, 2.45) is 0 Å². The van der Waals surface area contributed by atoms with Gasteiger partial charge in [-0.2, -0.15) is 0 Å². The van der Waals surface area contributed by atoms with Gasteiger partial charge in [-0.25, -0.2) is 0 Å². The van der Waals surface area contributed by atoms with Crippen LogP contribution < -0.4 is 0 Å². The predicted molar refractivity (Wildman–Crippen MR) is 235 cm³/mol. The molecule has 0 bridgehead atoms. The van der Waals surface area contributed by atoms with Gasteiger partial charge in [0.1, 0.15) is 0 Å². The van der Waals surface area contributed by atoms with Gasteiger partial charge in [0, 0.05) is 0 Å².